The largest absolute Gasteiger partial charge is 0.478 e. The molecule has 5 aromatic rings. The molecule has 0 unspecified atom stereocenters. The van der Waals surface area contributed by atoms with E-state index in [-0.39, 0.29) is 17.0 Å². The molecule has 0 bridgehead atoms. The lowest BCUT2D eigenvalue weighted by atomic mass is 9.94. The molecule has 1 fully saturated rings. The molecule has 0 amide bonds. The number of hydrogen-bond donors (Lipinski definition) is 3. The molecule has 220 valence electrons. The monoisotopic (exact) mass is 596 g/mol. The number of halogens is 1. The Bertz CT molecular complexity index is 1840. The maximum atomic E-state index is 12.6. The van der Waals surface area contributed by atoms with Gasteiger partial charge in [0.1, 0.15) is 17.1 Å². The van der Waals surface area contributed by atoms with Crippen LogP contribution in [-0.2, 0) is 6.54 Å². The van der Waals surface area contributed by atoms with Gasteiger partial charge >= 0.3 is 5.97 Å². The van der Waals surface area contributed by atoms with Crippen LogP contribution in [0.1, 0.15) is 41.4 Å². The molecule has 0 radical (unpaired) electrons. The fraction of sp³-hybridized carbons (Fsp3) is 0.235. The second-order valence-electron chi connectivity index (χ2n) is 11.2. The molecule has 0 spiro atoms. The van der Waals surface area contributed by atoms with E-state index in [0.717, 1.165) is 65.2 Å². The number of carboxylic acids is 1. The van der Waals surface area contributed by atoms with Crippen LogP contribution in [-0.4, -0.2) is 52.1 Å². The number of aromatic amines is 2. The zero-order chi connectivity index (χ0) is 30.1. The molecular weight excluding hydrogens is 564 g/mol. The third kappa shape index (κ3) is 6.16. The predicted octanol–water partition coefficient (Wildman–Crippen LogP) is 7.11. The fourth-order valence-corrected chi connectivity index (χ4v) is 5.86. The van der Waals surface area contributed by atoms with Gasteiger partial charge in [-0.15, -0.1) is 0 Å². The van der Waals surface area contributed by atoms with Gasteiger partial charge in [0.15, 0.2) is 0 Å². The van der Waals surface area contributed by atoms with E-state index < -0.39 is 5.97 Å². The average Bonchev–Trinajstić information content (AvgIpc) is 3.46. The zero-order valence-electron chi connectivity index (χ0n) is 24.1. The first-order valence-electron chi connectivity index (χ1n) is 14.4. The van der Waals surface area contributed by atoms with Crippen molar-refractivity contribution in [1.29, 1.82) is 0 Å². The van der Waals surface area contributed by atoms with Crippen LogP contribution in [0.5, 0.6) is 11.5 Å². The number of carboxylic acid groups (broad SMARTS) is 1. The lowest BCUT2D eigenvalue weighted by molar-refractivity contribution is 0.0694. The summed E-state index contributed by atoms with van der Waals surface area (Å²) in [6.07, 6.45) is 1.86. The van der Waals surface area contributed by atoms with Gasteiger partial charge in [-0.2, -0.15) is 0 Å². The van der Waals surface area contributed by atoms with Crippen molar-refractivity contribution in [2.24, 2.45) is 0 Å². The Morgan fingerprint density at radius 1 is 0.977 bits per heavy atom. The van der Waals surface area contributed by atoms with E-state index in [2.05, 4.69) is 33.6 Å². The summed E-state index contributed by atoms with van der Waals surface area (Å²) < 4.78 is 6.12. The molecule has 0 aliphatic carbocycles. The standard InChI is InChI=1S/C34H33ClN4O4/c1-21(2)33-29(28(19-32(40)37-33)22-3-5-24(35)6-4-22)20-38-13-15-39(16-14-38)25-7-9-27(34(41)42)31(18-25)43-26-8-10-30-23(17-26)11-12-36-30/h3-12,17-19,21,36H,13-16,20H2,1-2H3,(H,37,40)(H,41,42). The average molecular weight is 597 g/mol. The van der Waals surface area contributed by atoms with Crippen molar-refractivity contribution in [2.45, 2.75) is 26.3 Å². The van der Waals surface area contributed by atoms with Crippen molar-refractivity contribution >= 4 is 34.2 Å². The van der Waals surface area contributed by atoms with E-state index in [9.17, 15) is 14.7 Å². The smallest absolute Gasteiger partial charge is 0.339 e. The number of nitrogens with zero attached hydrogens (tertiary/aromatic N) is 2. The molecule has 6 rings (SSSR count). The number of benzene rings is 3. The normalized spacial score (nSPS) is 14.0. The number of aromatic nitrogens is 2. The van der Waals surface area contributed by atoms with Crippen LogP contribution in [0.15, 0.2) is 83.8 Å². The first-order chi connectivity index (χ1) is 20.7. The Labute approximate surface area is 254 Å². The van der Waals surface area contributed by atoms with E-state index in [1.807, 2.05) is 66.9 Å². The quantitative estimate of drug-likeness (QED) is 0.176. The highest BCUT2D eigenvalue weighted by atomic mass is 35.5. The number of hydrogen-bond acceptors (Lipinski definition) is 5. The first kappa shape index (κ1) is 28.6. The second-order valence-corrected chi connectivity index (χ2v) is 11.6. The minimum atomic E-state index is -1.03. The summed E-state index contributed by atoms with van der Waals surface area (Å²) in [5.74, 6) is 0.00691. The van der Waals surface area contributed by atoms with Gasteiger partial charge < -0.3 is 24.7 Å². The van der Waals surface area contributed by atoms with Gasteiger partial charge in [-0.25, -0.2) is 4.79 Å². The van der Waals surface area contributed by atoms with E-state index in [1.54, 1.807) is 12.1 Å². The molecule has 1 aliphatic heterocycles. The van der Waals surface area contributed by atoms with Crippen LogP contribution in [0.4, 0.5) is 5.69 Å². The van der Waals surface area contributed by atoms with E-state index in [4.69, 9.17) is 16.3 Å². The SMILES string of the molecule is CC(C)c1[nH]c(=O)cc(-c2ccc(Cl)cc2)c1CN1CCN(c2ccc(C(=O)O)c(Oc3ccc4[nH]ccc4c3)c2)CC1. The van der Waals surface area contributed by atoms with Gasteiger partial charge in [0.05, 0.1) is 0 Å². The van der Waals surface area contributed by atoms with Crippen LogP contribution >= 0.6 is 11.6 Å². The third-order valence-corrected chi connectivity index (χ3v) is 8.24. The molecular formula is C34H33ClN4O4. The van der Waals surface area contributed by atoms with Crippen molar-refractivity contribution in [1.82, 2.24) is 14.9 Å². The number of anilines is 1. The third-order valence-electron chi connectivity index (χ3n) is 7.98. The number of ether oxygens (including phenoxy) is 1. The van der Waals surface area contributed by atoms with Crippen LogP contribution < -0.4 is 15.2 Å². The minimum absolute atomic E-state index is 0.113. The highest BCUT2D eigenvalue weighted by Crippen LogP contribution is 2.33. The number of H-pyrrole nitrogens is 2. The lowest BCUT2D eigenvalue weighted by Crippen LogP contribution is -2.46. The van der Waals surface area contributed by atoms with Crippen LogP contribution in [0.25, 0.3) is 22.0 Å². The molecule has 1 aliphatic rings. The number of piperazine rings is 1. The summed E-state index contributed by atoms with van der Waals surface area (Å²) >= 11 is 6.14. The van der Waals surface area contributed by atoms with Crippen molar-refractivity contribution < 1.29 is 14.6 Å². The van der Waals surface area contributed by atoms with Crippen LogP contribution in [0.2, 0.25) is 5.02 Å². The Kier molecular flexibility index (Phi) is 7.97. The van der Waals surface area contributed by atoms with Gasteiger partial charge in [0, 0.05) is 78.4 Å². The molecule has 3 aromatic carbocycles. The Balaban J connectivity index is 1.21. The minimum Gasteiger partial charge on any atom is -0.478 e. The summed E-state index contributed by atoms with van der Waals surface area (Å²) in [6.45, 7) is 8.01. The Hall–Kier alpha value is -4.53. The summed E-state index contributed by atoms with van der Waals surface area (Å²) in [6, 6.07) is 22.2. The first-order valence-corrected chi connectivity index (χ1v) is 14.7. The summed E-state index contributed by atoms with van der Waals surface area (Å²) in [5.41, 5.74) is 5.86. The van der Waals surface area contributed by atoms with Gasteiger partial charge in [0.2, 0.25) is 5.56 Å². The molecule has 3 N–H and O–H groups in total. The number of rotatable bonds is 8. The highest BCUT2D eigenvalue weighted by molar-refractivity contribution is 6.30. The zero-order valence-corrected chi connectivity index (χ0v) is 24.8. The van der Waals surface area contributed by atoms with Crippen molar-refractivity contribution in [3.05, 3.63) is 111 Å². The number of carbonyl (C=O) groups is 1. The molecule has 9 heteroatoms. The van der Waals surface area contributed by atoms with Crippen LogP contribution in [0.3, 0.4) is 0 Å². The number of fused-ring (bicyclic) bond motifs is 1. The van der Waals surface area contributed by atoms with E-state index >= 15 is 0 Å². The predicted molar refractivity (Wildman–Crippen MR) is 171 cm³/mol. The summed E-state index contributed by atoms with van der Waals surface area (Å²) in [4.78, 5) is 35.5. The van der Waals surface area contributed by atoms with Gasteiger partial charge in [-0.3, -0.25) is 9.69 Å². The molecule has 0 saturated carbocycles. The van der Waals surface area contributed by atoms with Crippen molar-refractivity contribution in [3.8, 4) is 22.6 Å². The number of pyridine rings is 1. The molecule has 8 nitrogen and oxygen atoms in total. The topological polar surface area (TPSA) is 102 Å². The molecule has 1 saturated heterocycles. The second kappa shape index (κ2) is 12.0. The van der Waals surface area contributed by atoms with Crippen molar-refractivity contribution in [2.75, 3.05) is 31.1 Å². The Morgan fingerprint density at radius 2 is 1.74 bits per heavy atom. The molecule has 0 atom stereocenters. The van der Waals surface area contributed by atoms with Crippen molar-refractivity contribution in [3.63, 3.8) is 0 Å². The maximum Gasteiger partial charge on any atom is 0.339 e. The fourth-order valence-electron chi connectivity index (χ4n) is 5.74. The molecule has 2 aromatic heterocycles. The van der Waals surface area contributed by atoms with E-state index in [1.165, 1.54) is 0 Å². The lowest BCUT2D eigenvalue weighted by Gasteiger charge is -2.37. The summed E-state index contributed by atoms with van der Waals surface area (Å²) in [5, 5.41) is 11.5. The van der Waals surface area contributed by atoms with Gasteiger partial charge in [-0.1, -0.05) is 37.6 Å². The molecule has 43 heavy (non-hydrogen) atoms. The van der Waals surface area contributed by atoms with Gasteiger partial charge in [-0.05, 0) is 71.1 Å². The van der Waals surface area contributed by atoms with Gasteiger partial charge in [0.25, 0.3) is 0 Å². The number of nitrogens with one attached hydrogen (secondary N) is 2. The van der Waals surface area contributed by atoms with E-state index in [0.29, 0.717) is 23.1 Å². The summed E-state index contributed by atoms with van der Waals surface area (Å²) in [7, 11) is 0. The van der Waals surface area contributed by atoms with Crippen LogP contribution in [0, 0.1) is 0 Å². The Morgan fingerprint density at radius 3 is 2.47 bits per heavy atom. The maximum absolute atomic E-state index is 12.6. The molecule has 3 heterocycles. The number of aromatic carboxylic acids is 1. The highest BCUT2D eigenvalue weighted by Gasteiger charge is 2.23.